The van der Waals surface area contributed by atoms with E-state index in [0.29, 0.717) is 13.0 Å². The molecule has 0 amide bonds. The van der Waals surface area contributed by atoms with Gasteiger partial charge in [0.2, 0.25) is 0 Å². The quantitative estimate of drug-likeness (QED) is 0.425. The van der Waals surface area contributed by atoms with E-state index in [2.05, 4.69) is 15.9 Å². The second-order valence-corrected chi connectivity index (χ2v) is 4.21. The standard InChI is InChI=1S/C9H13BrO3/c1-2-13-9(12)6-4-3-5-7(10)8(6)11/h6-7H,2-5H2,1H3/t6-,7-/m0/s1. The van der Waals surface area contributed by atoms with E-state index in [1.165, 1.54) is 0 Å². The summed E-state index contributed by atoms with van der Waals surface area (Å²) in [6, 6.07) is 0. The summed E-state index contributed by atoms with van der Waals surface area (Å²) in [5.74, 6) is -0.917. The molecule has 0 aromatic carbocycles. The SMILES string of the molecule is CCOC(=O)[C@H]1CCC[C@H](Br)C1=O. The summed E-state index contributed by atoms with van der Waals surface area (Å²) in [7, 11) is 0. The van der Waals surface area contributed by atoms with Crippen LogP contribution in [0.15, 0.2) is 0 Å². The van der Waals surface area contributed by atoms with Crippen molar-refractivity contribution in [2.75, 3.05) is 6.61 Å². The van der Waals surface area contributed by atoms with Crippen LogP contribution in [-0.4, -0.2) is 23.2 Å². The van der Waals surface area contributed by atoms with E-state index in [1.807, 2.05) is 0 Å². The predicted octanol–water partition coefficient (Wildman–Crippen LogP) is 1.68. The Morgan fingerprint density at radius 1 is 1.62 bits per heavy atom. The fourth-order valence-corrected chi connectivity index (χ4v) is 2.12. The van der Waals surface area contributed by atoms with Crippen molar-refractivity contribution in [1.29, 1.82) is 0 Å². The Kier molecular flexibility index (Phi) is 3.90. The molecule has 1 rings (SSSR count). The average molecular weight is 249 g/mol. The van der Waals surface area contributed by atoms with E-state index in [-0.39, 0.29) is 16.6 Å². The van der Waals surface area contributed by atoms with Crippen LogP contribution in [-0.2, 0) is 14.3 Å². The van der Waals surface area contributed by atoms with Gasteiger partial charge in [-0.3, -0.25) is 9.59 Å². The molecule has 2 atom stereocenters. The lowest BCUT2D eigenvalue weighted by molar-refractivity contribution is -0.152. The minimum atomic E-state index is -0.530. The lowest BCUT2D eigenvalue weighted by atomic mass is 9.88. The van der Waals surface area contributed by atoms with E-state index < -0.39 is 5.92 Å². The molecule has 3 nitrogen and oxygen atoms in total. The van der Waals surface area contributed by atoms with Crippen LogP contribution >= 0.6 is 15.9 Å². The molecule has 0 unspecified atom stereocenters. The molecule has 1 aliphatic carbocycles. The Labute approximate surface area is 86.0 Å². The monoisotopic (exact) mass is 248 g/mol. The van der Waals surface area contributed by atoms with Crippen molar-refractivity contribution in [1.82, 2.24) is 0 Å². The molecular formula is C9H13BrO3. The van der Waals surface area contributed by atoms with Crippen molar-refractivity contribution < 1.29 is 14.3 Å². The first kappa shape index (κ1) is 10.7. The smallest absolute Gasteiger partial charge is 0.316 e. The van der Waals surface area contributed by atoms with Crippen LogP contribution in [0.25, 0.3) is 0 Å². The molecule has 0 heterocycles. The Morgan fingerprint density at radius 3 is 2.92 bits per heavy atom. The number of carbonyl (C=O) groups is 2. The first-order valence-corrected chi connectivity index (χ1v) is 5.42. The maximum Gasteiger partial charge on any atom is 0.316 e. The van der Waals surface area contributed by atoms with Crippen LogP contribution in [0.2, 0.25) is 0 Å². The third-order valence-corrected chi connectivity index (χ3v) is 3.08. The molecule has 1 fully saturated rings. The number of rotatable bonds is 2. The number of alkyl halides is 1. The van der Waals surface area contributed by atoms with Gasteiger partial charge < -0.3 is 4.74 Å². The number of ketones is 1. The minimum Gasteiger partial charge on any atom is -0.465 e. The van der Waals surface area contributed by atoms with E-state index in [1.54, 1.807) is 6.92 Å². The zero-order chi connectivity index (χ0) is 9.84. The van der Waals surface area contributed by atoms with Gasteiger partial charge in [0.1, 0.15) is 5.92 Å². The van der Waals surface area contributed by atoms with Gasteiger partial charge in [-0.1, -0.05) is 22.4 Å². The Balaban J connectivity index is 2.57. The molecule has 0 aromatic rings. The Bertz CT molecular complexity index is 215. The van der Waals surface area contributed by atoms with Gasteiger partial charge in [-0.25, -0.2) is 0 Å². The van der Waals surface area contributed by atoms with E-state index in [9.17, 15) is 9.59 Å². The van der Waals surface area contributed by atoms with Crippen LogP contribution in [0.5, 0.6) is 0 Å². The van der Waals surface area contributed by atoms with Crippen molar-refractivity contribution in [2.24, 2.45) is 5.92 Å². The molecule has 0 aromatic heterocycles. The first-order valence-electron chi connectivity index (χ1n) is 4.51. The van der Waals surface area contributed by atoms with Crippen LogP contribution < -0.4 is 0 Å². The molecule has 0 N–H and O–H groups in total. The summed E-state index contributed by atoms with van der Waals surface area (Å²) in [6.07, 6.45) is 2.37. The first-order chi connectivity index (χ1) is 6.16. The van der Waals surface area contributed by atoms with Gasteiger partial charge in [-0.15, -0.1) is 0 Å². The summed E-state index contributed by atoms with van der Waals surface area (Å²) in [4.78, 5) is 22.6. The van der Waals surface area contributed by atoms with Crippen molar-refractivity contribution in [3.05, 3.63) is 0 Å². The number of Topliss-reactive ketones (excluding diaryl/α,β-unsaturated/α-hetero) is 1. The van der Waals surface area contributed by atoms with E-state index >= 15 is 0 Å². The average Bonchev–Trinajstić information content (AvgIpc) is 2.10. The maximum atomic E-state index is 11.5. The van der Waals surface area contributed by atoms with E-state index in [0.717, 1.165) is 12.8 Å². The zero-order valence-electron chi connectivity index (χ0n) is 7.59. The number of carbonyl (C=O) groups excluding carboxylic acids is 2. The highest BCUT2D eigenvalue weighted by Crippen LogP contribution is 2.26. The second kappa shape index (κ2) is 4.74. The highest BCUT2D eigenvalue weighted by molar-refractivity contribution is 9.10. The molecule has 1 aliphatic rings. The summed E-state index contributed by atoms with van der Waals surface area (Å²) in [5, 5.41) is 0. The van der Waals surface area contributed by atoms with Crippen molar-refractivity contribution in [3.63, 3.8) is 0 Å². The van der Waals surface area contributed by atoms with Gasteiger partial charge in [-0.2, -0.15) is 0 Å². The number of hydrogen-bond donors (Lipinski definition) is 0. The summed E-state index contributed by atoms with van der Waals surface area (Å²) in [5.41, 5.74) is 0. The highest BCUT2D eigenvalue weighted by Gasteiger charge is 2.35. The lowest BCUT2D eigenvalue weighted by Gasteiger charge is -2.22. The molecular weight excluding hydrogens is 236 g/mol. The maximum absolute atomic E-state index is 11.5. The third kappa shape index (κ3) is 2.53. The van der Waals surface area contributed by atoms with Crippen LogP contribution in [0.4, 0.5) is 0 Å². The summed E-state index contributed by atoms with van der Waals surface area (Å²) < 4.78 is 4.82. The molecule has 0 aliphatic heterocycles. The summed E-state index contributed by atoms with van der Waals surface area (Å²) in [6.45, 7) is 2.09. The third-order valence-electron chi connectivity index (χ3n) is 2.17. The van der Waals surface area contributed by atoms with E-state index in [4.69, 9.17) is 4.74 Å². The molecule has 74 valence electrons. The predicted molar refractivity (Wildman–Crippen MR) is 51.7 cm³/mol. The highest BCUT2D eigenvalue weighted by atomic mass is 79.9. The lowest BCUT2D eigenvalue weighted by Crippen LogP contribution is -2.35. The van der Waals surface area contributed by atoms with Gasteiger partial charge in [0.15, 0.2) is 5.78 Å². The van der Waals surface area contributed by atoms with Gasteiger partial charge in [-0.05, 0) is 19.8 Å². The van der Waals surface area contributed by atoms with Gasteiger partial charge in [0, 0.05) is 0 Å². The minimum absolute atomic E-state index is 0.0234. The number of halogens is 1. The fourth-order valence-electron chi connectivity index (χ4n) is 1.48. The molecule has 0 radical (unpaired) electrons. The molecule has 4 heteroatoms. The molecule has 0 saturated heterocycles. The van der Waals surface area contributed by atoms with Crippen molar-refractivity contribution in [3.8, 4) is 0 Å². The second-order valence-electron chi connectivity index (χ2n) is 3.11. The van der Waals surface area contributed by atoms with Crippen LogP contribution in [0, 0.1) is 5.92 Å². The number of esters is 1. The Hall–Kier alpha value is -0.380. The van der Waals surface area contributed by atoms with Gasteiger partial charge >= 0.3 is 5.97 Å². The topological polar surface area (TPSA) is 43.4 Å². The number of hydrogen-bond acceptors (Lipinski definition) is 3. The normalized spacial score (nSPS) is 28.6. The van der Waals surface area contributed by atoms with Crippen LogP contribution in [0.3, 0.4) is 0 Å². The largest absolute Gasteiger partial charge is 0.465 e. The molecule has 0 spiro atoms. The van der Waals surface area contributed by atoms with Crippen LogP contribution in [0.1, 0.15) is 26.2 Å². The summed E-state index contributed by atoms with van der Waals surface area (Å²) >= 11 is 3.26. The van der Waals surface area contributed by atoms with Crippen molar-refractivity contribution >= 4 is 27.7 Å². The van der Waals surface area contributed by atoms with Gasteiger partial charge in [0.25, 0.3) is 0 Å². The zero-order valence-corrected chi connectivity index (χ0v) is 9.17. The Morgan fingerprint density at radius 2 is 2.31 bits per heavy atom. The van der Waals surface area contributed by atoms with Crippen molar-refractivity contribution in [2.45, 2.75) is 31.0 Å². The fraction of sp³-hybridized carbons (Fsp3) is 0.778. The molecule has 1 saturated carbocycles. The molecule has 0 bridgehead atoms. The number of ether oxygens (including phenoxy) is 1. The van der Waals surface area contributed by atoms with Gasteiger partial charge in [0.05, 0.1) is 11.4 Å². The molecule has 13 heavy (non-hydrogen) atoms.